The van der Waals surface area contributed by atoms with Crippen molar-refractivity contribution in [3.8, 4) is 22.6 Å². The zero-order chi connectivity index (χ0) is 17.9. The Hall–Kier alpha value is -3.04. The van der Waals surface area contributed by atoms with Crippen LogP contribution in [0.2, 0.25) is 0 Å². The molecule has 0 heterocycles. The van der Waals surface area contributed by atoms with Gasteiger partial charge in [0, 0.05) is 11.1 Å². The second kappa shape index (κ2) is 7.06. The lowest BCUT2D eigenvalue weighted by atomic mass is 9.92. The minimum atomic E-state index is -0.0288. The molecule has 0 aliphatic carbocycles. The van der Waals surface area contributed by atoms with Crippen LogP contribution in [-0.2, 0) is 0 Å². The molecule has 0 unspecified atom stereocenters. The zero-order valence-corrected chi connectivity index (χ0v) is 14.6. The monoisotopic (exact) mass is 344 g/mol. The average Bonchev–Trinajstić information content (AvgIpc) is 2.71. The quantitative estimate of drug-likeness (QED) is 0.551. The van der Waals surface area contributed by atoms with Gasteiger partial charge in [-0.1, -0.05) is 60.7 Å². The first-order valence-corrected chi connectivity index (χ1v) is 8.65. The predicted molar refractivity (Wildman–Crippen MR) is 106 cm³/mol. The van der Waals surface area contributed by atoms with Crippen molar-refractivity contribution in [1.29, 1.82) is 0 Å². The highest BCUT2D eigenvalue weighted by Gasteiger charge is 2.18. The number of fused-ring (bicyclic) bond motifs is 2. The Balaban J connectivity index is 2.12. The van der Waals surface area contributed by atoms with E-state index in [1.807, 2.05) is 42.5 Å². The van der Waals surface area contributed by atoms with E-state index in [4.69, 9.17) is 9.47 Å². The van der Waals surface area contributed by atoms with Crippen molar-refractivity contribution in [2.45, 2.75) is 0 Å². The van der Waals surface area contributed by atoms with Gasteiger partial charge in [0.15, 0.2) is 0 Å². The third-order valence-electron chi connectivity index (χ3n) is 4.60. The fourth-order valence-corrected chi connectivity index (χ4v) is 3.46. The van der Waals surface area contributed by atoms with E-state index in [-0.39, 0.29) is 13.2 Å². The molecule has 0 radical (unpaired) electrons. The predicted octanol–water partition coefficient (Wildman–Crippen LogP) is 5.04. The van der Waals surface area contributed by atoms with E-state index in [2.05, 4.69) is 30.3 Å². The Bertz CT molecular complexity index is 1070. The lowest BCUT2D eigenvalue weighted by molar-refractivity contribution is 0.202. The molecule has 0 atom stereocenters. The standard InChI is InChI=1S/C23H20O3/c1-25-20-12-10-16-6-2-4-8-18(16)22(20)23-19-9-5-3-7-17(19)11-13-21(23)26-15-14-24/h2-13,24H,14-15H2,1H3. The summed E-state index contributed by atoms with van der Waals surface area (Å²) in [6.07, 6.45) is 0. The molecular formula is C23H20O3. The minimum absolute atomic E-state index is 0.0288. The van der Waals surface area contributed by atoms with Gasteiger partial charge in [0.1, 0.15) is 18.1 Å². The van der Waals surface area contributed by atoms with Crippen molar-refractivity contribution >= 4 is 21.5 Å². The maximum atomic E-state index is 9.23. The van der Waals surface area contributed by atoms with Crippen LogP contribution in [0, 0.1) is 0 Å². The van der Waals surface area contributed by atoms with E-state index < -0.39 is 0 Å². The van der Waals surface area contributed by atoms with Gasteiger partial charge in [0.2, 0.25) is 0 Å². The molecule has 4 aromatic rings. The molecule has 3 nitrogen and oxygen atoms in total. The second-order valence-electron chi connectivity index (χ2n) is 6.10. The summed E-state index contributed by atoms with van der Waals surface area (Å²) in [5, 5.41) is 13.7. The summed E-state index contributed by atoms with van der Waals surface area (Å²) >= 11 is 0. The molecule has 0 aromatic heterocycles. The second-order valence-corrected chi connectivity index (χ2v) is 6.10. The summed E-state index contributed by atoms with van der Waals surface area (Å²) in [5.41, 5.74) is 2.00. The maximum absolute atomic E-state index is 9.23. The number of hydrogen-bond donors (Lipinski definition) is 1. The van der Waals surface area contributed by atoms with E-state index >= 15 is 0 Å². The number of hydrogen-bond acceptors (Lipinski definition) is 3. The van der Waals surface area contributed by atoms with Crippen LogP contribution in [0.4, 0.5) is 0 Å². The van der Waals surface area contributed by atoms with Crippen LogP contribution >= 0.6 is 0 Å². The summed E-state index contributed by atoms with van der Waals surface area (Å²) in [7, 11) is 1.69. The number of rotatable bonds is 5. The molecule has 4 rings (SSSR count). The topological polar surface area (TPSA) is 38.7 Å². The van der Waals surface area contributed by atoms with Crippen molar-refractivity contribution < 1.29 is 14.6 Å². The van der Waals surface area contributed by atoms with Gasteiger partial charge < -0.3 is 14.6 Å². The minimum Gasteiger partial charge on any atom is -0.496 e. The zero-order valence-electron chi connectivity index (χ0n) is 14.6. The van der Waals surface area contributed by atoms with E-state index in [0.717, 1.165) is 44.2 Å². The van der Waals surface area contributed by atoms with E-state index in [1.54, 1.807) is 7.11 Å². The number of aliphatic hydroxyl groups excluding tert-OH is 1. The number of aliphatic hydroxyl groups is 1. The van der Waals surface area contributed by atoms with E-state index in [1.165, 1.54) is 0 Å². The molecule has 0 aliphatic heterocycles. The summed E-state index contributed by atoms with van der Waals surface area (Å²) in [4.78, 5) is 0. The Kier molecular flexibility index (Phi) is 4.46. The van der Waals surface area contributed by atoms with Gasteiger partial charge in [-0.3, -0.25) is 0 Å². The maximum Gasteiger partial charge on any atom is 0.128 e. The summed E-state index contributed by atoms with van der Waals surface area (Å²) in [6, 6.07) is 24.6. The molecule has 0 amide bonds. The van der Waals surface area contributed by atoms with Crippen molar-refractivity contribution in [1.82, 2.24) is 0 Å². The van der Waals surface area contributed by atoms with Gasteiger partial charge in [0.25, 0.3) is 0 Å². The Morgan fingerprint density at radius 1 is 0.692 bits per heavy atom. The average molecular weight is 344 g/mol. The first-order valence-electron chi connectivity index (χ1n) is 8.65. The van der Waals surface area contributed by atoms with Crippen LogP contribution in [-0.4, -0.2) is 25.4 Å². The Labute approximate surface area is 152 Å². The molecule has 4 aromatic carbocycles. The molecule has 0 spiro atoms. The van der Waals surface area contributed by atoms with Crippen LogP contribution in [0.25, 0.3) is 32.7 Å². The largest absolute Gasteiger partial charge is 0.496 e. The summed E-state index contributed by atoms with van der Waals surface area (Å²) in [5.74, 6) is 1.54. The van der Waals surface area contributed by atoms with Crippen LogP contribution < -0.4 is 9.47 Å². The van der Waals surface area contributed by atoms with Gasteiger partial charge in [-0.2, -0.15) is 0 Å². The molecule has 26 heavy (non-hydrogen) atoms. The lowest BCUT2D eigenvalue weighted by Gasteiger charge is -2.18. The SMILES string of the molecule is COc1ccc2ccccc2c1-c1c(OCCO)ccc2ccccc12. The molecular weight excluding hydrogens is 324 g/mol. The highest BCUT2D eigenvalue weighted by Crippen LogP contribution is 2.45. The van der Waals surface area contributed by atoms with Gasteiger partial charge >= 0.3 is 0 Å². The van der Waals surface area contributed by atoms with Gasteiger partial charge in [-0.25, -0.2) is 0 Å². The van der Waals surface area contributed by atoms with Gasteiger partial charge in [-0.05, 0) is 33.7 Å². The third-order valence-corrected chi connectivity index (χ3v) is 4.60. The molecule has 0 fully saturated rings. The molecule has 0 bridgehead atoms. The normalized spacial score (nSPS) is 11.0. The van der Waals surface area contributed by atoms with Crippen LogP contribution in [0.5, 0.6) is 11.5 Å². The summed E-state index contributed by atoms with van der Waals surface area (Å²) in [6.45, 7) is 0.220. The Morgan fingerprint density at radius 2 is 1.23 bits per heavy atom. The molecule has 0 aliphatic rings. The smallest absolute Gasteiger partial charge is 0.128 e. The molecule has 0 saturated carbocycles. The Morgan fingerprint density at radius 3 is 1.81 bits per heavy atom. The van der Waals surface area contributed by atoms with Crippen LogP contribution in [0.3, 0.4) is 0 Å². The molecule has 0 saturated heterocycles. The highest BCUT2D eigenvalue weighted by atomic mass is 16.5. The highest BCUT2D eigenvalue weighted by molar-refractivity contribution is 6.09. The van der Waals surface area contributed by atoms with Crippen molar-refractivity contribution in [3.63, 3.8) is 0 Å². The van der Waals surface area contributed by atoms with Crippen molar-refractivity contribution in [2.24, 2.45) is 0 Å². The first-order chi connectivity index (χ1) is 12.8. The van der Waals surface area contributed by atoms with Crippen molar-refractivity contribution in [2.75, 3.05) is 20.3 Å². The third kappa shape index (κ3) is 2.76. The molecule has 1 N–H and O–H groups in total. The lowest BCUT2D eigenvalue weighted by Crippen LogP contribution is -2.03. The number of benzene rings is 4. The fraction of sp³-hybridized carbons (Fsp3) is 0.130. The fourth-order valence-electron chi connectivity index (χ4n) is 3.46. The van der Waals surface area contributed by atoms with Gasteiger partial charge in [-0.15, -0.1) is 0 Å². The molecule has 130 valence electrons. The van der Waals surface area contributed by atoms with E-state index in [0.29, 0.717) is 0 Å². The van der Waals surface area contributed by atoms with Gasteiger partial charge in [0.05, 0.1) is 13.7 Å². The summed E-state index contributed by atoms with van der Waals surface area (Å²) < 4.78 is 11.6. The van der Waals surface area contributed by atoms with E-state index in [9.17, 15) is 5.11 Å². The number of ether oxygens (including phenoxy) is 2. The van der Waals surface area contributed by atoms with Crippen molar-refractivity contribution in [3.05, 3.63) is 72.8 Å². The first kappa shape index (κ1) is 16.4. The van der Waals surface area contributed by atoms with Crippen LogP contribution in [0.1, 0.15) is 0 Å². The molecule has 3 heteroatoms. The van der Waals surface area contributed by atoms with Crippen LogP contribution in [0.15, 0.2) is 72.8 Å². The number of methoxy groups -OCH3 is 1.